The Morgan fingerprint density at radius 2 is 2.24 bits per heavy atom. The van der Waals surface area contributed by atoms with E-state index in [1.54, 1.807) is 6.20 Å². The second-order valence-corrected chi connectivity index (χ2v) is 6.41. The molecule has 1 N–H and O–H groups in total. The van der Waals surface area contributed by atoms with Crippen molar-refractivity contribution in [3.63, 3.8) is 0 Å². The van der Waals surface area contributed by atoms with Crippen molar-refractivity contribution in [2.24, 2.45) is 7.05 Å². The van der Waals surface area contributed by atoms with E-state index in [0.717, 1.165) is 43.7 Å². The summed E-state index contributed by atoms with van der Waals surface area (Å²) < 4.78 is 1.83. The molecule has 3 heterocycles. The molecular formula is C17H24N6O2. The maximum Gasteiger partial charge on any atom is 0.257 e. The van der Waals surface area contributed by atoms with Crippen molar-refractivity contribution in [1.29, 1.82) is 0 Å². The van der Waals surface area contributed by atoms with Gasteiger partial charge >= 0.3 is 0 Å². The predicted octanol–water partition coefficient (Wildman–Crippen LogP) is 1.07. The molecule has 1 aliphatic rings. The minimum Gasteiger partial charge on any atom is -0.388 e. The Morgan fingerprint density at radius 1 is 1.40 bits per heavy atom. The lowest BCUT2D eigenvalue weighted by Gasteiger charge is -2.32. The lowest BCUT2D eigenvalue weighted by molar-refractivity contribution is 0.0701. The molecule has 0 aliphatic carbocycles. The number of amides is 1. The van der Waals surface area contributed by atoms with Gasteiger partial charge in [-0.05, 0) is 19.3 Å². The van der Waals surface area contributed by atoms with Gasteiger partial charge in [0.1, 0.15) is 18.8 Å². The van der Waals surface area contributed by atoms with Crippen molar-refractivity contribution in [3.05, 3.63) is 35.4 Å². The van der Waals surface area contributed by atoms with Gasteiger partial charge in [-0.15, -0.1) is 10.2 Å². The number of piperidine rings is 1. The molecule has 1 unspecified atom stereocenters. The summed E-state index contributed by atoms with van der Waals surface area (Å²) in [6.45, 7) is 3.25. The van der Waals surface area contributed by atoms with Gasteiger partial charge in [0.25, 0.3) is 5.91 Å². The zero-order chi connectivity index (χ0) is 17.8. The van der Waals surface area contributed by atoms with Crippen LogP contribution in [-0.2, 0) is 20.1 Å². The molecule has 1 atom stereocenters. The number of carbonyl (C=O) groups is 1. The zero-order valence-electron chi connectivity index (χ0n) is 14.7. The third-order valence-corrected chi connectivity index (χ3v) is 4.73. The fourth-order valence-electron chi connectivity index (χ4n) is 3.38. The van der Waals surface area contributed by atoms with Crippen molar-refractivity contribution in [2.45, 2.75) is 45.1 Å². The molecule has 8 heteroatoms. The summed E-state index contributed by atoms with van der Waals surface area (Å²) in [5.41, 5.74) is 1.41. The standard InChI is InChI=1S/C17H24N6O2/c1-3-5-14-13(8-18-11-19-14)17(25)23-7-4-6-12(9-23)16-21-20-15(10-24)22(16)2/h8,11-12,24H,3-7,9-10H2,1-2H3. The van der Waals surface area contributed by atoms with Crippen LogP contribution in [0.5, 0.6) is 0 Å². The Morgan fingerprint density at radius 3 is 2.96 bits per heavy atom. The fourth-order valence-corrected chi connectivity index (χ4v) is 3.38. The summed E-state index contributed by atoms with van der Waals surface area (Å²) >= 11 is 0. The van der Waals surface area contributed by atoms with Crippen LogP contribution in [-0.4, -0.2) is 53.7 Å². The zero-order valence-corrected chi connectivity index (χ0v) is 14.7. The number of aryl methyl sites for hydroxylation is 1. The quantitative estimate of drug-likeness (QED) is 0.871. The van der Waals surface area contributed by atoms with Gasteiger partial charge in [-0.3, -0.25) is 4.79 Å². The van der Waals surface area contributed by atoms with Crippen LogP contribution in [0.4, 0.5) is 0 Å². The van der Waals surface area contributed by atoms with E-state index in [1.807, 2.05) is 16.5 Å². The lowest BCUT2D eigenvalue weighted by atomic mass is 9.96. The number of likely N-dealkylation sites (tertiary alicyclic amines) is 1. The van der Waals surface area contributed by atoms with Crippen molar-refractivity contribution >= 4 is 5.91 Å². The first-order chi connectivity index (χ1) is 12.2. The van der Waals surface area contributed by atoms with E-state index < -0.39 is 0 Å². The molecule has 0 bridgehead atoms. The van der Waals surface area contributed by atoms with Crippen molar-refractivity contribution in [1.82, 2.24) is 29.6 Å². The number of nitrogens with zero attached hydrogens (tertiary/aromatic N) is 6. The van der Waals surface area contributed by atoms with Crippen molar-refractivity contribution < 1.29 is 9.90 Å². The van der Waals surface area contributed by atoms with Crippen LogP contribution in [0.1, 0.15) is 59.8 Å². The maximum atomic E-state index is 13.0. The second kappa shape index (κ2) is 7.69. The molecule has 3 rings (SSSR count). The number of aliphatic hydroxyl groups is 1. The number of hydrogen-bond acceptors (Lipinski definition) is 6. The minimum absolute atomic E-state index is 0.0155. The smallest absolute Gasteiger partial charge is 0.257 e. The van der Waals surface area contributed by atoms with Gasteiger partial charge in [-0.25, -0.2) is 9.97 Å². The first-order valence-electron chi connectivity index (χ1n) is 8.72. The van der Waals surface area contributed by atoms with Crippen LogP contribution in [0, 0.1) is 0 Å². The normalized spacial score (nSPS) is 17.7. The molecule has 1 amide bonds. The second-order valence-electron chi connectivity index (χ2n) is 6.41. The summed E-state index contributed by atoms with van der Waals surface area (Å²) in [5.74, 6) is 1.47. The number of rotatable bonds is 5. The molecule has 25 heavy (non-hydrogen) atoms. The van der Waals surface area contributed by atoms with Crippen LogP contribution in [0.2, 0.25) is 0 Å². The Kier molecular flexibility index (Phi) is 5.37. The summed E-state index contributed by atoms with van der Waals surface area (Å²) in [6, 6.07) is 0. The summed E-state index contributed by atoms with van der Waals surface area (Å²) in [7, 11) is 1.85. The number of aliphatic hydroxyl groups excluding tert-OH is 1. The highest BCUT2D eigenvalue weighted by atomic mass is 16.3. The fraction of sp³-hybridized carbons (Fsp3) is 0.588. The Labute approximate surface area is 146 Å². The van der Waals surface area contributed by atoms with Crippen LogP contribution >= 0.6 is 0 Å². The number of hydrogen-bond donors (Lipinski definition) is 1. The molecule has 2 aromatic heterocycles. The number of aromatic nitrogens is 5. The summed E-state index contributed by atoms with van der Waals surface area (Å²) in [6.07, 6.45) is 6.68. The topological polar surface area (TPSA) is 97.0 Å². The molecular weight excluding hydrogens is 320 g/mol. The van der Waals surface area contributed by atoms with E-state index in [0.29, 0.717) is 17.9 Å². The van der Waals surface area contributed by atoms with Gasteiger partial charge in [-0.2, -0.15) is 0 Å². The highest BCUT2D eigenvalue weighted by molar-refractivity contribution is 5.95. The van der Waals surface area contributed by atoms with E-state index in [9.17, 15) is 9.90 Å². The van der Waals surface area contributed by atoms with E-state index in [-0.39, 0.29) is 18.4 Å². The van der Waals surface area contributed by atoms with Crippen LogP contribution in [0.3, 0.4) is 0 Å². The molecule has 2 aromatic rings. The molecule has 1 saturated heterocycles. The first kappa shape index (κ1) is 17.5. The van der Waals surface area contributed by atoms with E-state index in [1.165, 1.54) is 6.33 Å². The SMILES string of the molecule is CCCc1ncncc1C(=O)N1CCCC(c2nnc(CO)n2C)C1. The first-order valence-corrected chi connectivity index (χ1v) is 8.72. The average molecular weight is 344 g/mol. The predicted molar refractivity (Wildman–Crippen MR) is 90.8 cm³/mol. The third kappa shape index (κ3) is 3.53. The molecule has 0 spiro atoms. The summed E-state index contributed by atoms with van der Waals surface area (Å²) in [4.78, 5) is 23.2. The lowest BCUT2D eigenvalue weighted by Crippen LogP contribution is -2.40. The van der Waals surface area contributed by atoms with Gasteiger partial charge in [-0.1, -0.05) is 13.3 Å². The third-order valence-electron chi connectivity index (χ3n) is 4.73. The molecule has 0 aromatic carbocycles. The van der Waals surface area contributed by atoms with Crippen LogP contribution in [0.25, 0.3) is 0 Å². The van der Waals surface area contributed by atoms with Gasteiger partial charge < -0.3 is 14.6 Å². The van der Waals surface area contributed by atoms with Crippen LogP contribution in [0.15, 0.2) is 12.5 Å². The Balaban J connectivity index is 1.79. The highest BCUT2D eigenvalue weighted by Crippen LogP contribution is 2.27. The molecule has 134 valence electrons. The highest BCUT2D eigenvalue weighted by Gasteiger charge is 2.29. The number of carbonyl (C=O) groups excluding carboxylic acids is 1. The molecule has 0 saturated carbocycles. The molecule has 1 aliphatic heterocycles. The summed E-state index contributed by atoms with van der Waals surface area (Å²) in [5, 5.41) is 17.5. The minimum atomic E-state index is -0.138. The van der Waals surface area contributed by atoms with E-state index >= 15 is 0 Å². The van der Waals surface area contributed by atoms with Crippen LogP contribution < -0.4 is 0 Å². The largest absolute Gasteiger partial charge is 0.388 e. The molecule has 1 fully saturated rings. The van der Waals surface area contributed by atoms with E-state index in [2.05, 4.69) is 27.1 Å². The average Bonchev–Trinajstić information content (AvgIpc) is 3.02. The van der Waals surface area contributed by atoms with Gasteiger partial charge in [0.05, 0.1) is 11.3 Å². The van der Waals surface area contributed by atoms with Gasteiger partial charge in [0, 0.05) is 32.3 Å². The Bertz CT molecular complexity index is 744. The Hall–Kier alpha value is -2.35. The molecule has 8 nitrogen and oxygen atoms in total. The van der Waals surface area contributed by atoms with Crippen molar-refractivity contribution in [3.8, 4) is 0 Å². The maximum absolute atomic E-state index is 13.0. The van der Waals surface area contributed by atoms with E-state index in [4.69, 9.17) is 0 Å². The monoisotopic (exact) mass is 344 g/mol. The van der Waals surface area contributed by atoms with Gasteiger partial charge in [0.2, 0.25) is 0 Å². The van der Waals surface area contributed by atoms with Crippen molar-refractivity contribution in [2.75, 3.05) is 13.1 Å². The van der Waals surface area contributed by atoms with Gasteiger partial charge in [0.15, 0.2) is 5.82 Å². The molecule has 0 radical (unpaired) electrons.